The van der Waals surface area contributed by atoms with Crippen molar-refractivity contribution in [1.82, 2.24) is 4.57 Å². The Morgan fingerprint density at radius 2 is 1.64 bits per heavy atom. The zero-order valence-electron chi connectivity index (χ0n) is 12.8. The number of hydrogen-bond donors (Lipinski definition) is 0. The summed E-state index contributed by atoms with van der Waals surface area (Å²) in [5, 5.41) is 1.02. The van der Waals surface area contributed by atoms with E-state index in [-0.39, 0.29) is 0 Å². The van der Waals surface area contributed by atoms with E-state index in [0.717, 1.165) is 16.5 Å². The summed E-state index contributed by atoms with van der Waals surface area (Å²) in [5.41, 5.74) is 2.04. The predicted octanol–water partition coefficient (Wildman–Crippen LogP) is 3.31. The lowest BCUT2D eigenvalue weighted by Gasteiger charge is -2.20. The molecule has 0 aliphatic rings. The van der Waals surface area contributed by atoms with Crippen LogP contribution in [0.5, 0.6) is 0 Å². The molecule has 0 spiro atoms. The summed E-state index contributed by atoms with van der Waals surface area (Å²) in [7, 11) is -0.106. The molecule has 5 heteroatoms. The van der Waals surface area contributed by atoms with Crippen molar-refractivity contribution in [1.29, 1.82) is 0 Å². The van der Waals surface area contributed by atoms with Gasteiger partial charge >= 0.3 is 0 Å². The van der Waals surface area contributed by atoms with Gasteiger partial charge in [-0.1, -0.05) is 35.9 Å². The molecule has 114 valence electrons. The van der Waals surface area contributed by atoms with Crippen molar-refractivity contribution in [3.63, 3.8) is 0 Å². The van der Waals surface area contributed by atoms with Crippen LogP contribution in [-0.4, -0.2) is 20.0 Å². The zero-order chi connectivity index (χ0) is 15.9. The minimum Gasteiger partial charge on any atom is -0.330 e. The topological polar surface area (TPSA) is 42.3 Å². The molecule has 22 heavy (non-hydrogen) atoms. The molecule has 0 saturated carbocycles. The summed E-state index contributed by atoms with van der Waals surface area (Å²) in [6, 6.07) is 16.6. The molecular formula is C17H18N2O2S. The first-order chi connectivity index (χ1) is 10.4. The van der Waals surface area contributed by atoms with Crippen molar-refractivity contribution >= 4 is 26.7 Å². The Morgan fingerprint density at radius 1 is 1.00 bits per heavy atom. The molecule has 4 nitrogen and oxygen atoms in total. The third kappa shape index (κ3) is 2.27. The van der Waals surface area contributed by atoms with Crippen LogP contribution in [0.3, 0.4) is 0 Å². The van der Waals surface area contributed by atoms with E-state index in [9.17, 15) is 8.42 Å². The van der Waals surface area contributed by atoms with Gasteiger partial charge < -0.3 is 4.57 Å². The summed E-state index contributed by atoms with van der Waals surface area (Å²) in [4.78, 5) is 0.297. The largest absolute Gasteiger partial charge is 0.330 e. The van der Waals surface area contributed by atoms with Crippen LogP contribution in [0.25, 0.3) is 10.9 Å². The monoisotopic (exact) mass is 314 g/mol. The molecule has 2 aromatic carbocycles. The van der Waals surface area contributed by atoms with Gasteiger partial charge in [0.05, 0.1) is 4.90 Å². The molecule has 0 N–H and O–H groups in total. The van der Waals surface area contributed by atoms with Crippen LogP contribution in [0.2, 0.25) is 0 Å². The third-order valence-corrected chi connectivity index (χ3v) is 5.70. The van der Waals surface area contributed by atoms with Crippen LogP contribution in [0.1, 0.15) is 5.56 Å². The lowest BCUT2D eigenvalue weighted by atomic mass is 10.2. The second kappa shape index (κ2) is 5.18. The molecule has 0 amide bonds. The summed E-state index contributed by atoms with van der Waals surface area (Å²) >= 11 is 0. The molecule has 3 aromatic rings. The van der Waals surface area contributed by atoms with Crippen LogP contribution in [0.15, 0.2) is 59.5 Å². The smallest absolute Gasteiger partial charge is 0.265 e. The Bertz CT molecular complexity index is 925. The molecule has 1 heterocycles. The van der Waals surface area contributed by atoms with Crippen molar-refractivity contribution in [3.05, 3.63) is 60.2 Å². The minimum atomic E-state index is -3.57. The van der Waals surface area contributed by atoms with Gasteiger partial charge in [-0.2, -0.15) is 0 Å². The van der Waals surface area contributed by atoms with E-state index in [4.69, 9.17) is 0 Å². The average molecular weight is 314 g/mol. The standard InChI is InChI=1S/C17H18N2O2S/c1-13-8-10-15(11-9-13)22(20,21)19(3)17-12-14-6-4-5-7-16(14)18(17)2/h4-12H,1-3H3. The molecule has 0 fully saturated rings. The first kappa shape index (κ1) is 14.7. The molecule has 0 aliphatic heterocycles. The Hall–Kier alpha value is -2.27. The number of anilines is 1. The number of rotatable bonds is 3. The van der Waals surface area contributed by atoms with E-state index in [1.165, 1.54) is 4.31 Å². The maximum Gasteiger partial charge on any atom is 0.265 e. The van der Waals surface area contributed by atoms with Crippen LogP contribution in [0, 0.1) is 6.92 Å². The molecule has 0 unspecified atom stereocenters. The fourth-order valence-corrected chi connectivity index (χ4v) is 3.79. The Balaban J connectivity index is 2.10. The number of nitrogens with zero attached hydrogens (tertiary/aromatic N) is 2. The quantitative estimate of drug-likeness (QED) is 0.744. The van der Waals surface area contributed by atoms with E-state index >= 15 is 0 Å². The zero-order valence-corrected chi connectivity index (χ0v) is 13.6. The first-order valence-electron chi connectivity index (χ1n) is 7.01. The van der Waals surface area contributed by atoms with Gasteiger partial charge in [-0.15, -0.1) is 0 Å². The number of sulfonamides is 1. The lowest BCUT2D eigenvalue weighted by Crippen LogP contribution is -2.28. The van der Waals surface area contributed by atoms with Gasteiger partial charge in [0.15, 0.2) is 0 Å². The molecule has 3 rings (SSSR count). The number of aryl methyl sites for hydroxylation is 2. The summed E-state index contributed by atoms with van der Waals surface area (Å²) in [6.45, 7) is 1.93. The number of para-hydroxylation sites is 1. The van der Waals surface area contributed by atoms with Gasteiger partial charge in [-0.25, -0.2) is 8.42 Å². The maximum absolute atomic E-state index is 12.8. The molecular weight excluding hydrogens is 296 g/mol. The van der Waals surface area contributed by atoms with Crippen molar-refractivity contribution in [2.24, 2.45) is 7.05 Å². The normalized spacial score (nSPS) is 11.8. The van der Waals surface area contributed by atoms with Gasteiger partial charge in [0, 0.05) is 25.0 Å². The number of fused-ring (bicyclic) bond motifs is 1. The van der Waals surface area contributed by atoms with E-state index in [1.54, 1.807) is 19.2 Å². The number of benzene rings is 2. The first-order valence-corrected chi connectivity index (χ1v) is 8.45. The molecule has 0 radical (unpaired) electrons. The average Bonchev–Trinajstić information content (AvgIpc) is 2.84. The van der Waals surface area contributed by atoms with Crippen LogP contribution in [0.4, 0.5) is 5.82 Å². The van der Waals surface area contributed by atoms with Crippen LogP contribution >= 0.6 is 0 Å². The van der Waals surface area contributed by atoms with E-state index in [0.29, 0.717) is 10.7 Å². The Labute approximate surface area is 130 Å². The highest BCUT2D eigenvalue weighted by atomic mass is 32.2. The Morgan fingerprint density at radius 3 is 2.27 bits per heavy atom. The van der Waals surface area contributed by atoms with Crippen molar-refractivity contribution < 1.29 is 8.42 Å². The molecule has 0 atom stereocenters. The van der Waals surface area contributed by atoms with Gasteiger partial charge in [0.1, 0.15) is 5.82 Å². The minimum absolute atomic E-state index is 0.297. The summed E-state index contributed by atoms with van der Waals surface area (Å²) in [6.07, 6.45) is 0. The van der Waals surface area contributed by atoms with Gasteiger partial charge in [0.25, 0.3) is 10.0 Å². The highest BCUT2D eigenvalue weighted by Gasteiger charge is 2.23. The second-order valence-corrected chi connectivity index (χ2v) is 7.38. The number of aromatic nitrogens is 1. The van der Waals surface area contributed by atoms with Gasteiger partial charge in [-0.3, -0.25) is 4.31 Å². The van der Waals surface area contributed by atoms with E-state index < -0.39 is 10.0 Å². The highest BCUT2D eigenvalue weighted by molar-refractivity contribution is 7.92. The SMILES string of the molecule is Cc1ccc(S(=O)(=O)N(C)c2cc3ccccc3n2C)cc1. The van der Waals surface area contributed by atoms with Crippen LogP contribution in [-0.2, 0) is 17.1 Å². The molecule has 0 bridgehead atoms. The van der Waals surface area contributed by atoms with E-state index in [2.05, 4.69) is 0 Å². The van der Waals surface area contributed by atoms with Gasteiger partial charge in [-0.05, 0) is 31.2 Å². The van der Waals surface area contributed by atoms with E-state index in [1.807, 2.05) is 61.0 Å². The summed E-state index contributed by atoms with van der Waals surface area (Å²) in [5.74, 6) is 0.641. The third-order valence-electron chi connectivity index (χ3n) is 3.93. The second-order valence-electron chi connectivity index (χ2n) is 5.41. The fourth-order valence-electron chi connectivity index (χ4n) is 2.57. The molecule has 0 saturated heterocycles. The Kier molecular flexibility index (Phi) is 3.45. The molecule has 1 aromatic heterocycles. The van der Waals surface area contributed by atoms with Crippen molar-refractivity contribution in [3.8, 4) is 0 Å². The van der Waals surface area contributed by atoms with Crippen molar-refractivity contribution in [2.75, 3.05) is 11.4 Å². The van der Waals surface area contributed by atoms with Crippen molar-refractivity contribution in [2.45, 2.75) is 11.8 Å². The summed E-state index contributed by atoms with van der Waals surface area (Å²) < 4.78 is 28.8. The maximum atomic E-state index is 12.8. The fraction of sp³-hybridized carbons (Fsp3) is 0.176. The predicted molar refractivity (Wildman–Crippen MR) is 89.7 cm³/mol. The number of hydrogen-bond acceptors (Lipinski definition) is 2. The lowest BCUT2D eigenvalue weighted by molar-refractivity contribution is 0.593. The van der Waals surface area contributed by atoms with Gasteiger partial charge in [0.2, 0.25) is 0 Å². The van der Waals surface area contributed by atoms with Crippen LogP contribution < -0.4 is 4.31 Å². The highest BCUT2D eigenvalue weighted by Crippen LogP contribution is 2.28. The molecule has 0 aliphatic carbocycles.